The Labute approximate surface area is 142 Å². The highest BCUT2D eigenvalue weighted by molar-refractivity contribution is 7.89. The molecule has 24 heavy (non-hydrogen) atoms. The second-order valence-corrected chi connectivity index (χ2v) is 8.07. The summed E-state index contributed by atoms with van der Waals surface area (Å²) in [6.07, 6.45) is 2.16. The summed E-state index contributed by atoms with van der Waals surface area (Å²) >= 11 is 0. The van der Waals surface area contributed by atoms with Crippen molar-refractivity contribution < 1.29 is 22.7 Å². The predicted molar refractivity (Wildman–Crippen MR) is 87.6 cm³/mol. The number of carbonyl (C=O) groups is 1. The first-order valence-electron chi connectivity index (χ1n) is 7.97. The van der Waals surface area contributed by atoms with E-state index in [0.717, 1.165) is 12.8 Å². The van der Waals surface area contributed by atoms with Gasteiger partial charge in [-0.3, -0.25) is 4.79 Å². The van der Waals surface area contributed by atoms with Gasteiger partial charge in [0.05, 0.1) is 14.2 Å². The minimum absolute atomic E-state index is 0.000656. The molecule has 0 radical (unpaired) electrons. The van der Waals surface area contributed by atoms with Crippen molar-refractivity contribution in [1.82, 2.24) is 9.62 Å². The van der Waals surface area contributed by atoms with Gasteiger partial charge in [0.15, 0.2) is 0 Å². The number of carbonyl (C=O) groups excluding carboxylic acids is 1. The molecule has 0 unspecified atom stereocenters. The molecule has 2 aliphatic heterocycles. The summed E-state index contributed by atoms with van der Waals surface area (Å²) in [5, 5.41) is 2.94. The molecule has 2 heterocycles. The molecule has 0 bridgehead atoms. The van der Waals surface area contributed by atoms with Gasteiger partial charge in [-0.25, -0.2) is 8.42 Å². The third kappa shape index (κ3) is 3.08. The predicted octanol–water partition coefficient (Wildman–Crippen LogP) is 0.993. The Bertz CT molecular complexity index is 734. The molecular weight excluding hydrogens is 332 g/mol. The maximum absolute atomic E-state index is 13.1. The molecule has 8 heteroatoms. The maximum Gasteiger partial charge on any atom is 0.246 e. The van der Waals surface area contributed by atoms with Crippen LogP contribution in [0.2, 0.25) is 0 Å². The van der Waals surface area contributed by atoms with Crippen LogP contribution in [0.1, 0.15) is 19.3 Å². The van der Waals surface area contributed by atoms with E-state index in [1.165, 1.54) is 24.6 Å². The number of methoxy groups -OCH3 is 2. The zero-order valence-electron chi connectivity index (χ0n) is 13.8. The van der Waals surface area contributed by atoms with Crippen LogP contribution < -0.4 is 14.8 Å². The molecule has 2 saturated heterocycles. The van der Waals surface area contributed by atoms with E-state index in [4.69, 9.17) is 9.47 Å². The van der Waals surface area contributed by atoms with Crippen LogP contribution in [0.15, 0.2) is 23.1 Å². The largest absolute Gasteiger partial charge is 0.497 e. The average Bonchev–Trinajstić information content (AvgIpc) is 2.89. The highest BCUT2D eigenvalue weighted by Crippen LogP contribution is 2.34. The minimum Gasteiger partial charge on any atom is -0.497 e. The molecule has 0 spiro atoms. The molecule has 3 rings (SSSR count). The molecule has 7 nitrogen and oxygen atoms in total. The van der Waals surface area contributed by atoms with E-state index < -0.39 is 10.0 Å². The van der Waals surface area contributed by atoms with Gasteiger partial charge in [0.1, 0.15) is 16.4 Å². The van der Waals surface area contributed by atoms with Gasteiger partial charge in [-0.1, -0.05) is 0 Å². The van der Waals surface area contributed by atoms with E-state index in [-0.39, 0.29) is 28.5 Å². The van der Waals surface area contributed by atoms with Crippen LogP contribution in [0.25, 0.3) is 0 Å². The van der Waals surface area contributed by atoms with E-state index in [9.17, 15) is 13.2 Å². The second kappa shape index (κ2) is 6.60. The van der Waals surface area contributed by atoms with Gasteiger partial charge in [0.2, 0.25) is 15.9 Å². The van der Waals surface area contributed by atoms with E-state index in [2.05, 4.69) is 5.32 Å². The fraction of sp³-hybridized carbons (Fsp3) is 0.562. The van der Waals surface area contributed by atoms with E-state index in [1.807, 2.05) is 0 Å². The number of amides is 1. The number of nitrogens with zero attached hydrogens (tertiary/aromatic N) is 1. The number of hydrogen-bond acceptors (Lipinski definition) is 5. The first-order chi connectivity index (χ1) is 11.5. The fourth-order valence-corrected chi connectivity index (χ4v) is 5.11. The van der Waals surface area contributed by atoms with Crippen molar-refractivity contribution in [3.63, 3.8) is 0 Å². The van der Waals surface area contributed by atoms with Crippen LogP contribution >= 0.6 is 0 Å². The fourth-order valence-electron chi connectivity index (χ4n) is 3.41. The zero-order valence-corrected chi connectivity index (χ0v) is 14.6. The van der Waals surface area contributed by atoms with E-state index in [0.29, 0.717) is 25.3 Å². The Morgan fingerprint density at radius 1 is 1.21 bits per heavy atom. The number of rotatable bonds is 4. The van der Waals surface area contributed by atoms with E-state index in [1.54, 1.807) is 12.1 Å². The van der Waals surface area contributed by atoms with Crippen LogP contribution in [-0.4, -0.2) is 52.0 Å². The topological polar surface area (TPSA) is 84.9 Å². The zero-order chi connectivity index (χ0) is 17.3. The maximum atomic E-state index is 13.1. The van der Waals surface area contributed by atoms with Gasteiger partial charge in [0.25, 0.3) is 0 Å². The van der Waals surface area contributed by atoms with Crippen LogP contribution in [0.3, 0.4) is 0 Å². The molecule has 1 aromatic carbocycles. The first kappa shape index (κ1) is 17.0. The summed E-state index contributed by atoms with van der Waals surface area (Å²) in [5.74, 6) is 0.895. The van der Waals surface area contributed by atoms with Gasteiger partial charge in [-0.05, 0) is 30.9 Å². The molecule has 2 atom stereocenters. The lowest BCUT2D eigenvalue weighted by Crippen LogP contribution is -2.39. The van der Waals surface area contributed by atoms with Crippen molar-refractivity contribution in [2.24, 2.45) is 5.92 Å². The van der Waals surface area contributed by atoms with Crippen molar-refractivity contribution in [3.05, 3.63) is 18.2 Å². The molecule has 1 amide bonds. The number of ether oxygens (including phenoxy) is 2. The van der Waals surface area contributed by atoms with Crippen LogP contribution in [0.4, 0.5) is 0 Å². The molecular formula is C16H22N2O5S. The summed E-state index contributed by atoms with van der Waals surface area (Å²) < 4.78 is 37.9. The smallest absolute Gasteiger partial charge is 0.246 e. The van der Waals surface area contributed by atoms with Gasteiger partial charge in [-0.2, -0.15) is 4.31 Å². The summed E-state index contributed by atoms with van der Waals surface area (Å²) in [6.45, 7) is 0.701. The summed E-state index contributed by atoms with van der Waals surface area (Å²) in [6, 6.07) is 4.60. The first-order valence-corrected chi connectivity index (χ1v) is 9.41. The van der Waals surface area contributed by atoms with Crippen molar-refractivity contribution >= 4 is 15.9 Å². The summed E-state index contributed by atoms with van der Waals surface area (Å²) in [4.78, 5) is 11.8. The number of sulfonamides is 1. The lowest BCUT2D eigenvalue weighted by molar-refractivity contribution is -0.121. The Balaban J connectivity index is 1.90. The van der Waals surface area contributed by atoms with Gasteiger partial charge in [0, 0.05) is 31.6 Å². The molecule has 1 aromatic rings. The Morgan fingerprint density at radius 3 is 2.71 bits per heavy atom. The molecule has 1 N–H and O–H groups in total. The number of nitrogens with one attached hydrogen (secondary N) is 1. The Morgan fingerprint density at radius 2 is 2.00 bits per heavy atom. The normalized spacial score (nSPS) is 24.8. The molecule has 2 fully saturated rings. The molecule has 132 valence electrons. The molecule has 0 aliphatic carbocycles. The summed E-state index contributed by atoms with van der Waals surface area (Å²) in [5.41, 5.74) is 0. The highest BCUT2D eigenvalue weighted by atomic mass is 32.2. The highest BCUT2D eigenvalue weighted by Gasteiger charge is 2.41. The van der Waals surface area contributed by atoms with Gasteiger partial charge < -0.3 is 14.8 Å². The second-order valence-electron chi connectivity index (χ2n) is 6.17. The third-order valence-electron chi connectivity index (χ3n) is 4.72. The van der Waals surface area contributed by atoms with Crippen molar-refractivity contribution in [3.8, 4) is 11.5 Å². The average molecular weight is 354 g/mol. The number of benzene rings is 1. The summed E-state index contributed by atoms with van der Waals surface area (Å²) in [7, 11) is -0.797. The Hall–Kier alpha value is -1.80. The lowest BCUT2D eigenvalue weighted by atomic mass is 9.99. The SMILES string of the molecule is COc1ccc(OC)c(S(=O)(=O)N2C[C@H]3CCCC(=O)N[C@H]3C2)c1. The molecule has 0 saturated carbocycles. The third-order valence-corrected chi connectivity index (χ3v) is 6.57. The van der Waals surface area contributed by atoms with Crippen LogP contribution in [-0.2, 0) is 14.8 Å². The monoisotopic (exact) mass is 354 g/mol. The number of hydrogen-bond donors (Lipinski definition) is 1. The molecule has 0 aromatic heterocycles. The van der Waals surface area contributed by atoms with E-state index >= 15 is 0 Å². The quantitative estimate of drug-likeness (QED) is 0.872. The van der Waals surface area contributed by atoms with Crippen LogP contribution in [0.5, 0.6) is 11.5 Å². The van der Waals surface area contributed by atoms with Gasteiger partial charge in [-0.15, -0.1) is 0 Å². The standard InChI is InChI=1S/C16H22N2O5S/c1-22-12-6-7-14(23-2)15(8-12)24(20,21)18-9-11-4-3-5-16(19)17-13(11)10-18/h6-8,11,13H,3-5,9-10H2,1-2H3,(H,17,19)/t11-,13+/m1/s1. The Kier molecular flexibility index (Phi) is 4.69. The molecule has 2 aliphatic rings. The van der Waals surface area contributed by atoms with Crippen molar-refractivity contribution in [2.75, 3.05) is 27.3 Å². The van der Waals surface area contributed by atoms with Crippen LogP contribution in [0, 0.1) is 5.92 Å². The minimum atomic E-state index is -3.72. The van der Waals surface area contributed by atoms with Gasteiger partial charge >= 0.3 is 0 Å². The van der Waals surface area contributed by atoms with Crippen molar-refractivity contribution in [2.45, 2.75) is 30.2 Å². The van der Waals surface area contributed by atoms with Crippen molar-refractivity contribution in [1.29, 1.82) is 0 Å². The lowest BCUT2D eigenvalue weighted by Gasteiger charge is -2.19. The number of fused-ring (bicyclic) bond motifs is 1.